The van der Waals surface area contributed by atoms with Gasteiger partial charge in [-0.3, -0.25) is 0 Å². The van der Waals surface area contributed by atoms with E-state index >= 15 is 0 Å². The van der Waals surface area contributed by atoms with Crippen molar-refractivity contribution in [1.82, 2.24) is 25.0 Å². The molecule has 1 saturated heterocycles. The number of hydrogen-bond acceptors (Lipinski definition) is 4. The number of guanidine groups is 1. The number of rotatable bonds is 9. The molecule has 7 nitrogen and oxygen atoms in total. The molecule has 8 heteroatoms. The third-order valence-electron chi connectivity index (χ3n) is 5.46. The Morgan fingerprint density at radius 2 is 2.07 bits per heavy atom. The van der Waals surface area contributed by atoms with Crippen LogP contribution in [0.15, 0.2) is 35.3 Å². The number of ether oxygens (including phenoxy) is 1. The zero-order valence-electron chi connectivity index (χ0n) is 18.4. The van der Waals surface area contributed by atoms with Crippen LogP contribution in [0.2, 0.25) is 0 Å². The summed E-state index contributed by atoms with van der Waals surface area (Å²) in [6.07, 6.45) is 3.28. The lowest BCUT2D eigenvalue weighted by Gasteiger charge is -2.22. The number of halogens is 1. The molecule has 166 valence electrons. The number of nitrogens with zero attached hydrogens (tertiary/aromatic N) is 5. The summed E-state index contributed by atoms with van der Waals surface area (Å²) in [4.78, 5) is 7.26. The third-order valence-corrected chi connectivity index (χ3v) is 5.46. The maximum atomic E-state index is 5.46. The van der Waals surface area contributed by atoms with Crippen molar-refractivity contribution >= 4 is 29.9 Å². The van der Waals surface area contributed by atoms with Crippen LogP contribution in [0.3, 0.4) is 0 Å². The van der Waals surface area contributed by atoms with Gasteiger partial charge in [-0.15, -0.1) is 34.2 Å². The van der Waals surface area contributed by atoms with E-state index in [-0.39, 0.29) is 24.0 Å². The van der Waals surface area contributed by atoms with E-state index in [1.165, 1.54) is 12.0 Å². The average molecular weight is 526 g/mol. The van der Waals surface area contributed by atoms with E-state index in [2.05, 4.69) is 50.7 Å². The molecule has 2 aromatic rings. The monoisotopic (exact) mass is 526 g/mol. The highest BCUT2D eigenvalue weighted by molar-refractivity contribution is 14.0. The quantitative estimate of drug-likeness (QED) is 0.235. The molecule has 1 unspecified atom stereocenters. The average Bonchev–Trinajstić information content (AvgIpc) is 3.32. The second kappa shape index (κ2) is 12.9. The molecule has 0 bridgehead atoms. The first kappa shape index (κ1) is 24.6. The highest BCUT2D eigenvalue weighted by Gasteiger charge is 2.25. The topological polar surface area (TPSA) is 67.6 Å². The summed E-state index contributed by atoms with van der Waals surface area (Å²) in [7, 11) is 1.99. The van der Waals surface area contributed by atoms with Crippen LogP contribution in [-0.4, -0.2) is 58.5 Å². The number of nitrogens with one attached hydrogen (secondary N) is 1. The van der Waals surface area contributed by atoms with E-state index in [1.807, 2.05) is 25.5 Å². The Morgan fingerprint density at radius 1 is 1.27 bits per heavy atom. The van der Waals surface area contributed by atoms with Gasteiger partial charge < -0.3 is 19.5 Å². The Balaban J connectivity index is 0.00000320. The van der Waals surface area contributed by atoms with Gasteiger partial charge in [0.1, 0.15) is 12.4 Å². The van der Waals surface area contributed by atoms with E-state index in [0.717, 1.165) is 63.3 Å². The van der Waals surface area contributed by atoms with Gasteiger partial charge >= 0.3 is 0 Å². The zero-order valence-corrected chi connectivity index (χ0v) is 20.7. The Hall–Kier alpha value is -1.68. The standard InChI is InChI=1S/C22H34N6O.HI/c1-4-29-14-8-12-23-22(24-16-21-26-25-18(2)27(21)3)28-13-11-20(17-28)15-19-9-6-5-7-10-19;/h5-7,9-10,20H,4,8,11-17H2,1-3H3,(H,23,24);1H. The van der Waals surface area contributed by atoms with E-state index in [9.17, 15) is 0 Å². The molecular weight excluding hydrogens is 491 g/mol. The van der Waals surface area contributed by atoms with Crippen LogP contribution >= 0.6 is 24.0 Å². The van der Waals surface area contributed by atoms with Gasteiger partial charge in [0.2, 0.25) is 0 Å². The molecule has 1 fully saturated rings. The molecule has 3 rings (SSSR count). The SMILES string of the molecule is CCOCCCNC(=NCc1nnc(C)n1C)N1CCC(Cc2ccccc2)C1.I. The van der Waals surface area contributed by atoms with Crippen LogP contribution < -0.4 is 5.32 Å². The largest absolute Gasteiger partial charge is 0.382 e. The normalized spacial score (nSPS) is 16.6. The summed E-state index contributed by atoms with van der Waals surface area (Å²) in [5, 5.41) is 11.9. The molecule has 0 spiro atoms. The Kier molecular flexibility index (Phi) is 10.6. The maximum Gasteiger partial charge on any atom is 0.194 e. The zero-order chi connectivity index (χ0) is 20.5. The molecular formula is C22H35IN6O. The van der Waals surface area contributed by atoms with Crippen LogP contribution in [-0.2, 0) is 24.8 Å². The molecule has 30 heavy (non-hydrogen) atoms. The molecule has 1 N–H and O–H groups in total. The summed E-state index contributed by atoms with van der Waals surface area (Å²) < 4.78 is 7.46. The molecule has 0 radical (unpaired) electrons. The molecule has 1 atom stereocenters. The Labute approximate surface area is 197 Å². The number of aryl methyl sites for hydroxylation is 1. The first-order chi connectivity index (χ1) is 14.2. The van der Waals surface area contributed by atoms with E-state index < -0.39 is 0 Å². The van der Waals surface area contributed by atoms with Crippen LogP contribution in [0.25, 0.3) is 0 Å². The summed E-state index contributed by atoms with van der Waals surface area (Å²) in [5.41, 5.74) is 1.41. The number of benzene rings is 1. The Morgan fingerprint density at radius 3 is 2.77 bits per heavy atom. The predicted molar refractivity (Wildman–Crippen MR) is 131 cm³/mol. The number of likely N-dealkylation sites (tertiary alicyclic amines) is 1. The minimum Gasteiger partial charge on any atom is -0.382 e. The van der Waals surface area contributed by atoms with Crippen molar-refractivity contribution in [2.45, 2.75) is 39.7 Å². The summed E-state index contributed by atoms with van der Waals surface area (Å²) in [6.45, 7) is 8.98. The predicted octanol–water partition coefficient (Wildman–Crippen LogP) is 3.18. The molecule has 0 saturated carbocycles. The van der Waals surface area contributed by atoms with Crippen molar-refractivity contribution in [3.63, 3.8) is 0 Å². The van der Waals surface area contributed by atoms with Gasteiger partial charge in [-0.05, 0) is 44.6 Å². The fourth-order valence-electron chi connectivity index (χ4n) is 3.66. The lowest BCUT2D eigenvalue weighted by Crippen LogP contribution is -2.41. The second-order valence-corrected chi connectivity index (χ2v) is 7.63. The second-order valence-electron chi connectivity index (χ2n) is 7.63. The minimum atomic E-state index is 0. The van der Waals surface area contributed by atoms with Crippen LogP contribution in [0.4, 0.5) is 0 Å². The van der Waals surface area contributed by atoms with Crippen molar-refractivity contribution in [2.24, 2.45) is 18.0 Å². The van der Waals surface area contributed by atoms with E-state index in [0.29, 0.717) is 12.5 Å². The van der Waals surface area contributed by atoms with Gasteiger partial charge in [0.15, 0.2) is 11.8 Å². The molecule has 1 aromatic carbocycles. The summed E-state index contributed by atoms with van der Waals surface area (Å²) >= 11 is 0. The molecule has 2 heterocycles. The number of aliphatic imine (C=N–C) groups is 1. The van der Waals surface area contributed by atoms with Gasteiger partial charge in [-0.25, -0.2) is 4.99 Å². The maximum absolute atomic E-state index is 5.46. The lowest BCUT2D eigenvalue weighted by molar-refractivity contribution is 0.145. The van der Waals surface area contributed by atoms with Crippen molar-refractivity contribution < 1.29 is 4.74 Å². The first-order valence-corrected chi connectivity index (χ1v) is 10.7. The fraction of sp³-hybridized carbons (Fsp3) is 0.591. The van der Waals surface area contributed by atoms with E-state index in [4.69, 9.17) is 9.73 Å². The van der Waals surface area contributed by atoms with Crippen LogP contribution in [0.1, 0.15) is 37.0 Å². The number of hydrogen-bond donors (Lipinski definition) is 1. The molecule has 1 aromatic heterocycles. The molecule has 1 aliphatic heterocycles. The highest BCUT2D eigenvalue weighted by Crippen LogP contribution is 2.21. The van der Waals surface area contributed by atoms with Crippen molar-refractivity contribution in [2.75, 3.05) is 32.8 Å². The highest BCUT2D eigenvalue weighted by atomic mass is 127. The summed E-state index contributed by atoms with van der Waals surface area (Å²) in [6, 6.07) is 10.8. The van der Waals surface area contributed by atoms with Crippen LogP contribution in [0, 0.1) is 12.8 Å². The number of aromatic nitrogens is 3. The lowest BCUT2D eigenvalue weighted by atomic mass is 9.99. The van der Waals surface area contributed by atoms with Gasteiger partial charge in [0.05, 0.1) is 0 Å². The molecule has 0 amide bonds. The van der Waals surface area contributed by atoms with Gasteiger partial charge in [0.25, 0.3) is 0 Å². The van der Waals surface area contributed by atoms with Crippen molar-refractivity contribution in [3.05, 3.63) is 47.5 Å². The van der Waals surface area contributed by atoms with E-state index in [1.54, 1.807) is 0 Å². The fourth-order valence-corrected chi connectivity index (χ4v) is 3.66. The summed E-state index contributed by atoms with van der Waals surface area (Å²) in [5.74, 6) is 3.42. The first-order valence-electron chi connectivity index (χ1n) is 10.7. The molecule has 1 aliphatic rings. The smallest absolute Gasteiger partial charge is 0.194 e. The van der Waals surface area contributed by atoms with Gasteiger partial charge in [-0.2, -0.15) is 0 Å². The molecule has 0 aliphatic carbocycles. The van der Waals surface area contributed by atoms with Gasteiger partial charge in [-0.1, -0.05) is 30.3 Å². The minimum absolute atomic E-state index is 0. The third kappa shape index (κ3) is 7.23. The van der Waals surface area contributed by atoms with Crippen molar-refractivity contribution in [1.29, 1.82) is 0 Å². The van der Waals surface area contributed by atoms with Crippen LogP contribution in [0.5, 0.6) is 0 Å². The van der Waals surface area contributed by atoms with Crippen molar-refractivity contribution in [3.8, 4) is 0 Å². The van der Waals surface area contributed by atoms with Gasteiger partial charge in [0, 0.05) is 39.9 Å². The Bertz CT molecular complexity index is 779.